The lowest BCUT2D eigenvalue weighted by atomic mass is 10.2. The number of aryl methyl sites for hydroxylation is 1. The molecule has 0 saturated carbocycles. The van der Waals surface area contributed by atoms with Crippen molar-refractivity contribution in [2.24, 2.45) is 0 Å². The Balaban J connectivity index is 1.23. The molecule has 0 aliphatic heterocycles. The first kappa shape index (κ1) is 26.2. The molecule has 10 heteroatoms. The van der Waals surface area contributed by atoms with Crippen LogP contribution in [0.3, 0.4) is 0 Å². The monoisotopic (exact) mass is 544 g/mol. The molecule has 3 aromatic carbocycles. The standard InChI is InChI=1S/C29H25N2O7P/c1-20-26(31-28(37-20)21-8-4-2-5-9-21)18-35-23-12-14-24(15-13-23)36-19-27-25(16-17-39(32,33)34)30-29(38-27)22-10-6-3-7-11-22/h2-17H,18-19H2,1H3,(H2,32,33,34)/b17-16+. The van der Waals surface area contributed by atoms with Crippen molar-refractivity contribution in [3.63, 3.8) is 0 Å². The largest absolute Gasteiger partial charge is 0.487 e. The fourth-order valence-electron chi connectivity index (χ4n) is 3.67. The minimum absolute atomic E-state index is 0.00126. The van der Waals surface area contributed by atoms with Crippen LogP contribution >= 0.6 is 7.60 Å². The van der Waals surface area contributed by atoms with Gasteiger partial charge in [-0.15, -0.1) is 0 Å². The van der Waals surface area contributed by atoms with Crippen LogP contribution in [0.15, 0.2) is 99.6 Å². The van der Waals surface area contributed by atoms with Gasteiger partial charge in [-0.3, -0.25) is 4.57 Å². The summed E-state index contributed by atoms with van der Waals surface area (Å²) >= 11 is 0. The highest BCUT2D eigenvalue weighted by Gasteiger charge is 2.16. The second-order valence-corrected chi connectivity index (χ2v) is 10.0. The van der Waals surface area contributed by atoms with Crippen LogP contribution < -0.4 is 9.47 Å². The van der Waals surface area contributed by atoms with Crippen molar-refractivity contribution >= 4 is 13.7 Å². The van der Waals surface area contributed by atoms with Crippen LogP contribution in [0.25, 0.3) is 29.0 Å². The summed E-state index contributed by atoms with van der Waals surface area (Å²) < 4.78 is 34.7. The predicted molar refractivity (Wildman–Crippen MR) is 145 cm³/mol. The first-order valence-corrected chi connectivity index (χ1v) is 13.7. The maximum atomic E-state index is 11.3. The van der Waals surface area contributed by atoms with Gasteiger partial charge in [-0.1, -0.05) is 36.4 Å². The lowest BCUT2D eigenvalue weighted by molar-refractivity contribution is 0.269. The summed E-state index contributed by atoms with van der Waals surface area (Å²) in [5.41, 5.74) is 2.62. The molecule has 0 radical (unpaired) electrons. The highest BCUT2D eigenvalue weighted by atomic mass is 31.2. The van der Waals surface area contributed by atoms with Gasteiger partial charge in [-0.2, -0.15) is 0 Å². The number of rotatable bonds is 10. The summed E-state index contributed by atoms with van der Waals surface area (Å²) in [6.07, 6.45) is 1.24. The van der Waals surface area contributed by atoms with E-state index < -0.39 is 7.60 Å². The molecule has 198 valence electrons. The fraction of sp³-hybridized carbons (Fsp3) is 0.103. The minimum atomic E-state index is -4.37. The first-order chi connectivity index (χ1) is 18.8. The summed E-state index contributed by atoms with van der Waals surface area (Å²) in [7, 11) is -4.37. The summed E-state index contributed by atoms with van der Waals surface area (Å²) in [4.78, 5) is 27.4. The molecule has 0 atom stereocenters. The van der Waals surface area contributed by atoms with Crippen LogP contribution in [-0.2, 0) is 17.8 Å². The van der Waals surface area contributed by atoms with Crippen molar-refractivity contribution in [1.29, 1.82) is 0 Å². The zero-order chi connectivity index (χ0) is 27.2. The molecule has 0 aliphatic rings. The summed E-state index contributed by atoms with van der Waals surface area (Å²) in [5, 5.41) is 0. The van der Waals surface area contributed by atoms with Crippen molar-refractivity contribution in [2.45, 2.75) is 20.1 Å². The van der Waals surface area contributed by atoms with Gasteiger partial charge >= 0.3 is 7.60 Å². The molecule has 0 unspecified atom stereocenters. The first-order valence-electron chi connectivity index (χ1n) is 12.0. The van der Waals surface area contributed by atoms with Gasteiger partial charge in [0.25, 0.3) is 0 Å². The van der Waals surface area contributed by atoms with E-state index >= 15 is 0 Å². The lowest BCUT2D eigenvalue weighted by Crippen LogP contribution is -1.98. The Hall–Kier alpha value is -4.43. The molecule has 0 fully saturated rings. The molecule has 0 saturated heterocycles. The zero-order valence-electron chi connectivity index (χ0n) is 20.9. The second-order valence-electron chi connectivity index (χ2n) is 8.53. The highest BCUT2D eigenvalue weighted by Crippen LogP contribution is 2.37. The Morgan fingerprint density at radius 1 is 0.769 bits per heavy atom. The summed E-state index contributed by atoms with van der Waals surface area (Å²) in [6.45, 7) is 2.10. The van der Waals surface area contributed by atoms with Crippen LogP contribution in [0.4, 0.5) is 0 Å². The third kappa shape index (κ3) is 6.91. The molecule has 39 heavy (non-hydrogen) atoms. The Morgan fingerprint density at radius 3 is 1.87 bits per heavy atom. The van der Waals surface area contributed by atoms with Gasteiger partial charge in [0, 0.05) is 16.9 Å². The number of hydrogen-bond donors (Lipinski definition) is 2. The third-order valence-electron chi connectivity index (χ3n) is 5.66. The number of nitrogens with zero attached hydrogens (tertiary/aromatic N) is 2. The molecule has 2 N–H and O–H groups in total. The van der Waals surface area contributed by atoms with Crippen LogP contribution in [0.5, 0.6) is 11.5 Å². The van der Waals surface area contributed by atoms with Crippen molar-refractivity contribution in [3.05, 3.63) is 114 Å². The third-order valence-corrected chi connectivity index (χ3v) is 6.19. The number of oxazole rings is 2. The average molecular weight is 545 g/mol. The van der Waals surface area contributed by atoms with E-state index in [4.69, 9.17) is 18.3 Å². The molecule has 5 rings (SSSR count). The molecule has 9 nitrogen and oxygen atoms in total. The molecule has 0 amide bonds. The molecule has 5 aromatic rings. The van der Waals surface area contributed by atoms with E-state index in [1.54, 1.807) is 24.3 Å². The van der Waals surface area contributed by atoms with E-state index in [9.17, 15) is 14.4 Å². The maximum absolute atomic E-state index is 11.3. The Bertz CT molecular complexity index is 1600. The van der Waals surface area contributed by atoms with E-state index in [1.165, 1.54) is 6.08 Å². The molecular weight excluding hydrogens is 519 g/mol. The molecule has 0 aliphatic carbocycles. The number of benzene rings is 3. The molecule has 0 bridgehead atoms. The van der Waals surface area contributed by atoms with Crippen molar-refractivity contribution in [2.75, 3.05) is 0 Å². The van der Waals surface area contributed by atoms with E-state index in [0.717, 1.165) is 16.9 Å². The van der Waals surface area contributed by atoms with Gasteiger partial charge in [0.2, 0.25) is 11.8 Å². The topological polar surface area (TPSA) is 128 Å². The van der Waals surface area contributed by atoms with Crippen molar-refractivity contribution in [1.82, 2.24) is 9.97 Å². The van der Waals surface area contributed by atoms with Crippen LogP contribution in [0.2, 0.25) is 0 Å². The van der Waals surface area contributed by atoms with Gasteiger partial charge in [0.15, 0.2) is 5.76 Å². The van der Waals surface area contributed by atoms with Crippen molar-refractivity contribution < 1.29 is 32.7 Å². The SMILES string of the molecule is Cc1oc(-c2ccccc2)nc1COc1ccc(OCc2oc(-c3ccccc3)nc2/C=C/P(=O)(O)O)cc1. The van der Waals surface area contributed by atoms with Crippen LogP contribution in [-0.4, -0.2) is 19.8 Å². The Morgan fingerprint density at radius 2 is 1.31 bits per heavy atom. The summed E-state index contributed by atoms with van der Waals surface area (Å²) in [5.74, 6) is 3.86. The van der Waals surface area contributed by atoms with Gasteiger partial charge in [0.05, 0.1) is 0 Å². The normalized spacial score (nSPS) is 11.7. The van der Waals surface area contributed by atoms with Crippen LogP contribution in [0.1, 0.15) is 22.9 Å². The molecular formula is C29H25N2O7P. The van der Waals surface area contributed by atoms with E-state index in [-0.39, 0.29) is 18.9 Å². The van der Waals surface area contributed by atoms with Crippen molar-refractivity contribution in [3.8, 4) is 34.4 Å². The van der Waals surface area contributed by atoms with E-state index in [0.29, 0.717) is 40.5 Å². The minimum Gasteiger partial charge on any atom is -0.487 e. The fourth-order valence-corrected chi connectivity index (χ4v) is 4.00. The van der Waals surface area contributed by atoms with Gasteiger partial charge in [0.1, 0.15) is 41.9 Å². The summed E-state index contributed by atoms with van der Waals surface area (Å²) in [6, 6.07) is 25.9. The Kier molecular flexibility index (Phi) is 7.74. The van der Waals surface area contributed by atoms with Gasteiger partial charge < -0.3 is 28.1 Å². The predicted octanol–water partition coefficient (Wildman–Crippen LogP) is 6.61. The lowest BCUT2D eigenvalue weighted by Gasteiger charge is -2.07. The number of hydrogen-bond acceptors (Lipinski definition) is 7. The van der Waals surface area contributed by atoms with E-state index in [1.807, 2.05) is 67.6 Å². The number of ether oxygens (including phenoxy) is 2. The average Bonchev–Trinajstić information content (AvgIpc) is 3.54. The zero-order valence-corrected chi connectivity index (χ0v) is 21.8. The molecule has 0 spiro atoms. The number of aromatic nitrogens is 2. The Labute approximate surface area is 224 Å². The highest BCUT2D eigenvalue weighted by molar-refractivity contribution is 7.55. The van der Waals surface area contributed by atoms with Crippen LogP contribution in [0, 0.1) is 6.92 Å². The second kappa shape index (κ2) is 11.5. The maximum Gasteiger partial charge on any atom is 0.349 e. The quantitative estimate of drug-likeness (QED) is 0.187. The van der Waals surface area contributed by atoms with Gasteiger partial charge in [-0.05, 0) is 61.5 Å². The molecule has 2 heterocycles. The van der Waals surface area contributed by atoms with Gasteiger partial charge in [-0.25, -0.2) is 9.97 Å². The van der Waals surface area contributed by atoms with E-state index in [2.05, 4.69) is 9.97 Å². The molecule has 2 aromatic heterocycles. The smallest absolute Gasteiger partial charge is 0.349 e.